The molecule has 0 bridgehead atoms. The second-order valence-corrected chi connectivity index (χ2v) is 5.70. The lowest BCUT2D eigenvalue weighted by Gasteiger charge is -2.32. The van der Waals surface area contributed by atoms with Crippen molar-refractivity contribution in [1.82, 2.24) is 0 Å². The van der Waals surface area contributed by atoms with Gasteiger partial charge in [-0.2, -0.15) is 0 Å². The first kappa shape index (κ1) is 9.11. The highest BCUT2D eigenvalue weighted by Crippen LogP contribution is 2.37. The molecule has 0 amide bonds. The molecule has 0 radical (unpaired) electrons. The van der Waals surface area contributed by atoms with Crippen LogP contribution >= 0.6 is 10.8 Å². The highest BCUT2D eigenvalue weighted by Gasteiger charge is 2.36. The second-order valence-electron chi connectivity index (χ2n) is 2.77. The summed E-state index contributed by atoms with van der Waals surface area (Å²) < 4.78 is 15.8. The predicted molar refractivity (Wildman–Crippen MR) is 48.1 cm³/mol. The minimum atomic E-state index is -1.20. The molecule has 1 rings (SSSR count). The molecule has 2 nitrogen and oxygen atoms in total. The van der Waals surface area contributed by atoms with Crippen LogP contribution < -0.4 is 0 Å². The summed E-state index contributed by atoms with van der Waals surface area (Å²) >= 11 is 0. The van der Waals surface area contributed by atoms with Crippen LogP contribution in [0.3, 0.4) is 0 Å². The Bertz CT molecular complexity index is 221. The summed E-state index contributed by atoms with van der Waals surface area (Å²) in [6, 6.07) is 0. The van der Waals surface area contributed by atoms with Crippen molar-refractivity contribution < 1.29 is 8.39 Å². The van der Waals surface area contributed by atoms with Gasteiger partial charge in [-0.15, -0.1) is 6.42 Å². The van der Waals surface area contributed by atoms with Crippen LogP contribution in [0.2, 0.25) is 0 Å². The normalized spacial score (nSPS) is 44.8. The van der Waals surface area contributed by atoms with Crippen LogP contribution in [0.4, 0.5) is 0 Å². The van der Waals surface area contributed by atoms with E-state index in [-0.39, 0.29) is 10.7 Å². The van der Waals surface area contributed by atoms with Gasteiger partial charge in [-0.1, -0.05) is 12.8 Å². The number of hydrogen-bond donors (Lipinski definition) is 0. The molecule has 0 aromatic rings. The van der Waals surface area contributed by atoms with Gasteiger partial charge in [0.05, 0.1) is 12.0 Å². The third-order valence-corrected chi connectivity index (χ3v) is 4.81. The summed E-state index contributed by atoms with van der Waals surface area (Å²) in [5.41, 5.74) is -0.265. The fraction of sp³-hybridized carbons (Fsp3) is 0.714. The van der Waals surface area contributed by atoms with Crippen LogP contribution in [0.25, 0.3) is 0 Å². The van der Waals surface area contributed by atoms with E-state index in [0.717, 1.165) is 0 Å². The largest absolute Gasteiger partial charge is 0.280 e. The molecule has 0 aromatic heterocycles. The Balaban J connectivity index is 2.73. The van der Waals surface area contributed by atoms with Crippen molar-refractivity contribution >= 4 is 20.9 Å². The molecule has 1 fully saturated rings. The first-order valence-electron chi connectivity index (χ1n) is 3.28. The molecule has 0 saturated carbocycles. The van der Waals surface area contributed by atoms with Crippen LogP contribution in [0.15, 0.2) is 0 Å². The maximum atomic E-state index is 10.9. The van der Waals surface area contributed by atoms with E-state index in [2.05, 4.69) is 5.92 Å². The quantitative estimate of drug-likeness (QED) is 0.426. The summed E-state index contributed by atoms with van der Waals surface area (Å²) in [7, 11) is 0.0828. The fourth-order valence-electron chi connectivity index (χ4n) is 0.699. The number of terminal acetylenes is 1. The van der Waals surface area contributed by atoms with Gasteiger partial charge in [0.2, 0.25) is 10.1 Å². The van der Waals surface area contributed by atoms with Crippen molar-refractivity contribution in [1.29, 1.82) is 0 Å². The predicted octanol–water partition coefficient (Wildman–Crippen LogP) is 1.36. The van der Waals surface area contributed by atoms with Crippen LogP contribution in [0.5, 0.6) is 0 Å². The van der Waals surface area contributed by atoms with Gasteiger partial charge < -0.3 is 0 Å². The molecule has 62 valence electrons. The number of rotatable bonds is 0. The van der Waals surface area contributed by atoms with E-state index in [0.29, 0.717) is 6.61 Å². The average Bonchev–Trinajstić information content (AvgIpc) is 1.98. The van der Waals surface area contributed by atoms with Gasteiger partial charge in [-0.3, -0.25) is 4.18 Å². The Morgan fingerprint density at radius 3 is 3.00 bits per heavy atom. The van der Waals surface area contributed by atoms with Crippen LogP contribution in [-0.4, -0.2) is 16.1 Å². The molecule has 1 saturated heterocycles. The minimum Gasteiger partial charge on any atom is -0.280 e. The Morgan fingerprint density at radius 2 is 2.55 bits per heavy atom. The Labute approximate surface area is 73.1 Å². The van der Waals surface area contributed by atoms with E-state index in [1.54, 1.807) is 0 Å². The summed E-state index contributed by atoms with van der Waals surface area (Å²) in [6.45, 7) is 4.32. The smallest absolute Gasteiger partial charge is 0.219 e. The van der Waals surface area contributed by atoms with E-state index in [1.165, 1.54) is 10.8 Å². The standard InChI is InChI=1S/C7H10O2S2/c1-4-7(3)5-9-11(8)10-6(7)2/h1,6H,5H2,2-3H3. The van der Waals surface area contributed by atoms with Gasteiger partial charge in [0.15, 0.2) is 0 Å². The molecular formula is C7H10O2S2. The Morgan fingerprint density at radius 1 is 1.91 bits per heavy atom. The molecule has 4 heteroatoms. The summed E-state index contributed by atoms with van der Waals surface area (Å²) in [5, 5.41) is 0.196. The monoisotopic (exact) mass is 190 g/mol. The molecule has 3 atom stereocenters. The molecule has 0 aromatic carbocycles. The molecule has 0 N–H and O–H groups in total. The van der Waals surface area contributed by atoms with E-state index in [1.807, 2.05) is 13.8 Å². The van der Waals surface area contributed by atoms with E-state index in [4.69, 9.17) is 10.6 Å². The lowest BCUT2D eigenvalue weighted by atomic mass is 9.89. The van der Waals surface area contributed by atoms with Crippen LogP contribution in [-0.2, 0) is 14.3 Å². The fourth-order valence-corrected chi connectivity index (χ4v) is 3.33. The van der Waals surface area contributed by atoms with Gasteiger partial charge >= 0.3 is 0 Å². The first-order chi connectivity index (χ1) is 5.08. The third kappa shape index (κ3) is 1.78. The van der Waals surface area contributed by atoms with Gasteiger partial charge in [-0.25, -0.2) is 4.21 Å². The van der Waals surface area contributed by atoms with Crippen molar-refractivity contribution in [3.05, 3.63) is 0 Å². The van der Waals surface area contributed by atoms with Gasteiger partial charge in [0.25, 0.3) is 0 Å². The van der Waals surface area contributed by atoms with E-state index >= 15 is 0 Å². The molecular weight excluding hydrogens is 180 g/mol. The lowest BCUT2D eigenvalue weighted by Crippen LogP contribution is -2.35. The first-order valence-corrected chi connectivity index (χ1v) is 5.75. The van der Waals surface area contributed by atoms with Gasteiger partial charge in [0.1, 0.15) is 0 Å². The van der Waals surface area contributed by atoms with Crippen molar-refractivity contribution in [2.75, 3.05) is 6.61 Å². The van der Waals surface area contributed by atoms with Gasteiger partial charge in [-0.05, 0) is 17.7 Å². The average molecular weight is 190 g/mol. The van der Waals surface area contributed by atoms with Crippen LogP contribution in [0, 0.1) is 17.8 Å². The zero-order valence-corrected chi connectivity index (χ0v) is 8.13. The van der Waals surface area contributed by atoms with Crippen molar-refractivity contribution in [3.63, 3.8) is 0 Å². The second kappa shape index (κ2) is 3.18. The zero-order chi connectivity index (χ0) is 8.48. The van der Waals surface area contributed by atoms with E-state index < -0.39 is 10.1 Å². The molecule has 1 aliphatic rings. The minimum absolute atomic E-state index is 0.196. The lowest BCUT2D eigenvalue weighted by molar-refractivity contribution is 0.231. The molecule has 1 aliphatic heterocycles. The van der Waals surface area contributed by atoms with E-state index in [9.17, 15) is 4.21 Å². The highest BCUT2D eigenvalue weighted by molar-refractivity contribution is 8.67. The summed E-state index contributed by atoms with van der Waals surface area (Å²) in [5.74, 6) is 2.67. The summed E-state index contributed by atoms with van der Waals surface area (Å²) in [4.78, 5) is 0. The molecule has 0 spiro atoms. The maximum Gasteiger partial charge on any atom is 0.219 e. The zero-order valence-electron chi connectivity index (χ0n) is 6.49. The SMILES string of the molecule is C#CC1(C)COS(=O)SC1C. The van der Waals surface area contributed by atoms with Gasteiger partial charge in [0, 0.05) is 5.25 Å². The molecule has 11 heavy (non-hydrogen) atoms. The topological polar surface area (TPSA) is 26.3 Å². The third-order valence-electron chi connectivity index (χ3n) is 1.90. The Hall–Kier alpha value is 0.0200. The highest BCUT2D eigenvalue weighted by atomic mass is 33.1. The van der Waals surface area contributed by atoms with Crippen molar-refractivity contribution in [3.8, 4) is 12.3 Å². The van der Waals surface area contributed by atoms with Crippen molar-refractivity contribution in [2.45, 2.75) is 19.1 Å². The molecule has 3 unspecified atom stereocenters. The van der Waals surface area contributed by atoms with Crippen molar-refractivity contribution in [2.24, 2.45) is 5.41 Å². The molecule has 0 aliphatic carbocycles. The maximum absolute atomic E-state index is 10.9. The summed E-state index contributed by atoms with van der Waals surface area (Å²) in [6.07, 6.45) is 5.33. The number of hydrogen-bond acceptors (Lipinski definition) is 3. The molecule has 1 heterocycles. The Kier molecular flexibility index (Phi) is 2.63. The van der Waals surface area contributed by atoms with Crippen LogP contribution in [0.1, 0.15) is 13.8 Å².